The predicted molar refractivity (Wildman–Crippen MR) is 84.2 cm³/mol. The highest BCUT2D eigenvalue weighted by molar-refractivity contribution is 5.50. The Morgan fingerprint density at radius 2 is 1.79 bits per heavy atom. The van der Waals surface area contributed by atoms with Gasteiger partial charge in [-0.3, -0.25) is 0 Å². The highest BCUT2D eigenvalue weighted by Crippen LogP contribution is 2.38. The third kappa shape index (κ3) is 3.48. The van der Waals surface area contributed by atoms with Crippen LogP contribution >= 0.6 is 0 Å². The zero-order valence-electron chi connectivity index (χ0n) is 12.2. The van der Waals surface area contributed by atoms with Gasteiger partial charge in [-0.25, -0.2) is 0 Å². The van der Waals surface area contributed by atoms with Crippen LogP contribution in [-0.2, 0) is 5.41 Å². The van der Waals surface area contributed by atoms with E-state index in [1.165, 1.54) is 49.7 Å². The number of rotatable bonds is 5. The molecule has 0 spiro atoms. The standard InChI is InChI=1S/C18H27N/c1-2-3-5-8-16-9-11-17(12-10-16)18(15-19)13-6-4-7-14-18/h5,8-12H,2-4,6-7,13-15,19H2,1H3/b8-5+. The quantitative estimate of drug-likeness (QED) is 0.815. The molecule has 19 heavy (non-hydrogen) atoms. The summed E-state index contributed by atoms with van der Waals surface area (Å²) in [6.07, 6.45) is 13.4. The van der Waals surface area contributed by atoms with Crippen LogP contribution in [0, 0.1) is 0 Å². The molecule has 0 saturated heterocycles. The molecule has 0 bridgehead atoms. The van der Waals surface area contributed by atoms with Gasteiger partial charge in [0.05, 0.1) is 0 Å². The van der Waals surface area contributed by atoms with Gasteiger partial charge in [-0.05, 0) is 30.4 Å². The summed E-state index contributed by atoms with van der Waals surface area (Å²) >= 11 is 0. The first kappa shape index (κ1) is 14.3. The van der Waals surface area contributed by atoms with Gasteiger partial charge >= 0.3 is 0 Å². The topological polar surface area (TPSA) is 26.0 Å². The zero-order valence-corrected chi connectivity index (χ0v) is 12.2. The summed E-state index contributed by atoms with van der Waals surface area (Å²) in [6, 6.07) is 9.08. The molecule has 0 unspecified atom stereocenters. The third-order valence-corrected chi connectivity index (χ3v) is 4.49. The summed E-state index contributed by atoms with van der Waals surface area (Å²) in [4.78, 5) is 0. The predicted octanol–water partition coefficient (Wildman–Crippen LogP) is 4.66. The Morgan fingerprint density at radius 1 is 1.11 bits per heavy atom. The number of allylic oxidation sites excluding steroid dienone is 1. The van der Waals surface area contributed by atoms with Gasteiger partial charge in [0, 0.05) is 12.0 Å². The van der Waals surface area contributed by atoms with E-state index in [9.17, 15) is 0 Å². The van der Waals surface area contributed by atoms with Crippen molar-refractivity contribution in [1.82, 2.24) is 0 Å². The van der Waals surface area contributed by atoms with E-state index in [1.54, 1.807) is 0 Å². The summed E-state index contributed by atoms with van der Waals surface area (Å²) in [5.41, 5.74) is 9.10. The summed E-state index contributed by atoms with van der Waals surface area (Å²) in [6.45, 7) is 3.00. The normalized spacial score (nSPS) is 18.8. The molecule has 1 saturated carbocycles. The fourth-order valence-electron chi connectivity index (χ4n) is 3.17. The molecule has 2 rings (SSSR count). The molecule has 1 nitrogen and oxygen atoms in total. The van der Waals surface area contributed by atoms with Crippen LogP contribution in [0.3, 0.4) is 0 Å². The van der Waals surface area contributed by atoms with Gasteiger partial charge in [0.25, 0.3) is 0 Å². The maximum Gasteiger partial charge on any atom is 0.00755 e. The van der Waals surface area contributed by atoms with Crippen LogP contribution in [0.15, 0.2) is 30.3 Å². The van der Waals surface area contributed by atoms with Gasteiger partial charge in [-0.1, -0.05) is 69.0 Å². The molecule has 0 atom stereocenters. The average molecular weight is 257 g/mol. The number of benzene rings is 1. The minimum atomic E-state index is 0.254. The second kappa shape index (κ2) is 6.91. The number of hydrogen-bond acceptors (Lipinski definition) is 1. The lowest BCUT2D eigenvalue weighted by Crippen LogP contribution is -2.37. The average Bonchev–Trinajstić information content (AvgIpc) is 2.49. The lowest BCUT2D eigenvalue weighted by atomic mass is 9.69. The zero-order chi connectivity index (χ0) is 13.6. The molecule has 0 aromatic heterocycles. The van der Waals surface area contributed by atoms with Gasteiger partial charge in [-0.15, -0.1) is 0 Å². The number of hydrogen-bond donors (Lipinski definition) is 1. The SMILES string of the molecule is CCC/C=C/c1ccc(C2(CN)CCCCC2)cc1. The number of nitrogens with two attached hydrogens (primary N) is 1. The van der Waals surface area contributed by atoms with Crippen molar-refractivity contribution in [2.45, 2.75) is 57.3 Å². The Labute approximate surface area is 117 Å². The molecule has 1 aromatic rings. The first-order valence-corrected chi connectivity index (χ1v) is 7.78. The van der Waals surface area contributed by atoms with Crippen molar-refractivity contribution in [1.29, 1.82) is 0 Å². The second-order valence-electron chi connectivity index (χ2n) is 5.86. The van der Waals surface area contributed by atoms with E-state index >= 15 is 0 Å². The lowest BCUT2D eigenvalue weighted by molar-refractivity contribution is 0.301. The van der Waals surface area contributed by atoms with Gasteiger partial charge in [0.1, 0.15) is 0 Å². The van der Waals surface area contributed by atoms with Crippen molar-refractivity contribution in [3.05, 3.63) is 41.5 Å². The summed E-state index contributed by atoms with van der Waals surface area (Å²) < 4.78 is 0. The van der Waals surface area contributed by atoms with E-state index in [0.29, 0.717) is 0 Å². The van der Waals surface area contributed by atoms with E-state index in [1.807, 2.05) is 0 Å². The molecule has 0 aliphatic heterocycles. The summed E-state index contributed by atoms with van der Waals surface area (Å²) in [5, 5.41) is 0. The molecule has 2 N–H and O–H groups in total. The monoisotopic (exact) mass is 257 g/mol. The molecule has 104 valence electrons. The van der Waals surface area contributed by atoms with E-state index in [4.69, 9.17) is 5.73 Å². The maximum atomic E-state index is 6.09. The largest absolute Gasteiger partial charge is 0.330 e. The van der Waals surface area contributed by atoms with Gasteiger partial charge in [0.2, 0.25) is 0 Å². The Balaban J connectivity index is 2.12. The minimum Gasteiger partial charge on any atom is -0.330 e. The van der Waals surface area contributed by atoms with Crippen molar-refractivity contribution in [2.24, 2.45) is 5.73 Å². The summed E-state index contributed by atoms with van der Waals surface area (Å²) in [5.74, 6) is 0. The van der Waals surface area contributed by atoms with Gasteiger partial charge in [0.15, 0.2) is 0 Å². The Bertz CT molecular complexity index is 396. The lowest BCUT2D eigenvalue weighted by Gasteiger charge is -2.36. The maximum absolute atomic E-state index is 6.09. The molecule has 1 aromatic carbocycles. The molecule has 1 aliphatic carbocycles. The smallest absolute Gasteiger partial charge is 0.00755 e. The molecule has 1 aliphatic rings. The molecule has 1 fully saturated rings. The van der Waals surface area contributed by atoms with Crippen LogP contribution in [-0.4, -0.2) is 6.54 Å². The Kier molecular flexibility index (Phi) is 5.21. The van der Waals surface area contributed by atoms with Crippen LogP contribution in [0.5, 0.6) is 0 Å². The summed E-state index contributed by atoms with van der Waals surface area (Å²) in [7, 11) is 0. The van der Waals surface area contributed by atoms with E-state index in [2.05, 4.69) is 43.3 Å². The Morgan fingerprint density at radius 3 is 2.37 bits per heavy atom. The first-order valence-electron chi connectivity index (χ1n) is 7.78. The van der Waals surface area contributed by atoms with E-state index in [0.717, 1.165) is 13.0 Å². The minimum absolute atomic E-state index is 0.254. The van der Waals surface area contributed by atoms with Crippen LogP contribution in [0.2, 0.25) is 0 Å². The van der Waals surface area contributed by atoms with Gasteiger partial charge < -0.3 is 5.73 Å². The van der Waals surface area contributed by atoms with Crippen molar-refractivity contribution in [3.8, 4) is 0 Å². The van der Waals surface area contributed by atoms with Crippen molar-refractivity contribution in [2.75, 3.05) is 6.54 Å². The molecular weight excluding hydrogens is 230 g/mol. The Hall–Kier alpha value is -1.08. The van der Waals surface area contributed by atoms with Crippen molar-refractivity contribution < 1.29 is 0 Å². The molecule has 0 amide bonds. The molecular formula is C18H27N. The second-order valence-corrected chi connectivity index (χ2v) is 5.86. The molecule has 0 radical (unpaired) electrons. The van der Waals surface area contributed by atoms with Crippen LogP contribution in [0.25, 0.3) is 6.08 Å². The van der Waals surface area contributed by atoms with Crippen LogP contribution in [0.1, 0.15) is 63.0 Å². The van der Waals surface area contributed by atoms with Gasteiger partial charge in [-0.2, -0.15) is 0 Å². The van der Waals surface area contributed by atoms with Crippen molar-refractivity contribution in [3.63, 3.8) is 0 Å². The van der Waals surface area contributed by atoms with E-state index < -0.39 is 0 Å². The first-order chi connectivity index (χ1) is 9.30. The molecule has 0 heterocycles. The van der Waals surface area contributed by atoms with Crippen LogP contribution < -0.4 is 5.73 Å². The fourth-order valence-corrected chi connectivity index (χ4v) is 3.17. The molecule has 1 heteroatoms. The fraction of sp³-hybridized carbons (Fsp3) is 0.556. The highest BCUT2D eigenvalue weighted by Gasteiger charge is 2.32. The van der Waals surface area contributed by atoms with Crippen molar-refractivity contribution >= 4 is 6.08 Å². The highest BCUT2D eigenvalue weighted by atomic mass is 14.6. The van der Waals surface area contributed by atoms with E-state index in [-0.39, 0.29) is 5.41 Å². The van der Waals surface area contributed by atoms with Crippen LogP contribution in [0.4, 0.5) is 0 Å². The third-order valence-electron chi connectivity index (χ3n) is 4.49. The number of unbranched alkanes of at least 4 members (excludes halogenated alkanes) is 1.